The van der Waals surface area contributed by atoms with Gasteiger partial charge in [-0.25, -0.2) is 17.2 Å². The number of benzene rings is 2. The van der Waals surface area contributed by atoms with Crippen LogP contribution in [0.4, 0.5) is 8.78 Å². The molecular formula is C24H27F2N3O4S. The third-order valence-corrected chi connectivity index (χ3v) is 7.12. The van der Waals surface area contributed by atoms with Crippen molar-refractivity contribution in [3.63, 3.8) is 0 Å². The van der Waals surface area contributed by atoms with Crippen molar-refractivity contribution < 1.29 is 26.8 Å². The predicted molar refractivity (Wildman–Crippen MR) is 125 cm³/mol. The van der Waals surface area contributed by atoms with Gasteiger partial charge in [-0.05, 0) is 29.7 Å². The fraction of sp³-hybridized carbons (Fsp3) is 0.333. The monoisotopic (exact) mass is 491 g/mol. The quantitative estimate of drug-likeness (QED) is 0.645. The van der Waals surface area contributed by atoms with Crippen LogP contribution in [0.25, 0.3) is 6.08 Å². The Morgan fingerprint density at radius 3 is 2.09 bits per heavy atom. The van der Waals surface area contributed by atoms with Crippen LogP contribution in [0.3, 0.4) is 0 Å². The van der Waals surface area contributed by atoms with Gasteiger partial charge in [0.05, 0.1) is 0 Å². The maximum absolute atomic E-state index is 14.0. The van der Waals surface area contributed by atoms with Crippen LogP contribution < -0.4 is 5.32 Å². The van der Waals surface area contributed by atoms with E-state index in [0.717, 1.165) is 29.2 Å². The molecule has 0 aliphatic carbocycles. The van der Waals surface area contributed by atoms with E-state index >= 15 is 0 Å². The first kappa shape index (κ1) is 25.5. The summed E-state index contributed by atoms with van der Waals surface area (Å²) in [5.74, 6) is -3.85. The average molecular weight is 492 g/mol. The number of halogens is 2. The highest BCUT2D eigenvalue weighted by Gasteiger charge is 2.34. The van der Waals surface area contributed by atoms with E-state index in [1.54, 1.807) is 38.1 Å². The Bertz CT molecular complexity index is 1140. The molecule has 182 valence electrons. The molecule has 1 N–H and O–H groups in total. The number of carbonyl (C=O) groups excluding carboxylic acids is 2. The summed E-state index contributed by atoms with van der Waals surface area (Å²) in [6.45, 7) is 3.85. The van der Waals surface area contributed by atoms with Gasteiger partial charge in [-0.15, -0.1) is 0 Å². The van der Waals surface area contributed by atoms with Gasteiger partial charge in [-0.3, -0.25) is 9.59 Å². The molecule has 3 rings (SSSR count). The number of carbonyl (C=O) groups is 2. The van der Waals surface area contributed by atoms with Crippen molar-refractivity contribution in [2.75, 3.05) is 26.2 Å². The van der Waals surface area contributed by atoms with Crippen molar-refractivity contribution in [1.82, 2.24) is 14.5 Å². The van der Waals surface area contributed by atoms with Crippen molar-refractivity contribution in [1.29, 1.82) is 0 Å². The molecule has 1 fully saturated rings. The van der Waals surface area contributed by atoms with Gasteiger partial charge in [-0.1, -0.05) is 50.2 Å². The van der Waals surface area contributed by atoms with Crippen molar-refractivity contribution in [3.05, 3.63) is 76.7 Å². The zero-order valence-electron chi connectivity index (χ0n) is 18.9. The van der Waals surface area contributed by atoms with E-state index < -0.39 is 45.1 Å². The van der Waals surface area contributed by atoms with E-state index in [9.17, 15) is 26.8 Å². The van der Waals surface area contributed by atoms with Gasteiger partial charge in [0.2, 0.25) is 15.9 Å². The van der Waals surface area contributed by atoms with Gasteiger partial charge in [0.25, 0.3) is 5.91 Å². The Morgan fingerprint density at radius 2 is 1.53 bits per heavy atom. The van der Waals surface area contributed by atoms with Crippen LogP contribution in [-0.2, 0) is 14.8 Å². The van der Waals surface area contributed by atoms with Crippen LogP contribution in [-0.4, -0.2) is 61.7 Å². The van der Waals surface area contributed by atoms with E-state index in [1.165, 1.54) is 15.3 Å². The Labute approximate surface area is 198 Å². The summed E-state index contributed by atoms with van der Waals surface area (Å²) in [4.78, 5) is 27.0. The minimum atomic E-state index is -3.67. The second kappa shape index (κ2) is 10.9. The smallest absolute Gasteiger partial charge is 0.257 e. The number of rotatable bonds is 7. The van der Waals surface area contributed by atoms with Crippen molar-refractivity contribution in [2.45, 2.75) is 19.9 Å². The summed E-state index contributed by atoms with van der Waals surface area (Å²) in [7, 11) is -3.67. The molecule has 1 saturated heterocycles. The van der Waals surface area contributed by atoms with E-state index in [2.05, 4.69) is 5.32 Å². The predicted octanol–water partition coefficient (Wildman–Crippen LogP) is 2.86. The maximum atomic E-state index is 14.0. The fourth-order valence-electron chi connectivity index (χ4n) is 3.62. The van der Waals surface area contributed by atoms with Gasteiger partial charge in [0.1, 0.15) is 23.2 Å². The fourth-order valence-corrected chi connectivity index (χ4v) is 4.79. The summed E-state index contributed by atoms with van der Waals surface area (Å²) in [6, 6.07) is 11.1. The van der Waals surface area contributed by atoms with Crippen LogP contribution in [0.1, 0.15) is 29.8 Å². The molecular weight excluding hydrogens is 464 g/mol. The highest BCUT2D eigenvalue weighted by molar-refractivity contribution is 7.92. The lowest BCUT2D eigenvalue weighted by atomic mass is 10.0. The molecule has 0 saturated carbocycles. The Morgan fingerprint density at radius 1 is 0.941 bits per heavy atom. The Kier molecular flexibility index (Phi) is 8.16. The molecule has 1 aliphatic heterocycles. The number of sulfonamides is 1. The molecule has 0 bridgehead atoms. The van der Waals surface area contributed by atoms with Crippen molar-refractivity contribution >= 4 is 27.9 Å². The van der Waals surface area contributed by atoms with Crippen LogP contribution in [0, 0.1) is 17.6 Å². The molecule has 0 aromatic heterocycles. The zero-order valence-corrected chi connectivity index (χ0v) is 19.8. The van der Waals surface area contributed by atoms with Crippen molar-refractivity contribution in [2.24, 2.45) is 5.92 Å². The second-order valence-electron chi connectivity index (χ2n) is 8.27. The van der Waals surface area contributed by atoms with E-state index in [4.69, 9.17) is 0 Å². The summed E-state index contributed by atoms with van der Waals surface area (Å²) in [5.41, 5.74) is 0.00348. The summed E-state index contributed by atoms with van der Waals surface area (Å²) >= 11 is 0. The number of nitrogens with one attached hydrogen (secondary N) is 1. The van der Waals surface area contributed by atoms with Crippen molar-refractivity contribution in [3.8, 4) is 0 Å². The number of hydrogen-bond donors (Lipinski definition) is 1. The molecule has 34 heavy (non-hydrogen) atoms. The van der Waals surface area contributed by atoms with Gasteiger partial charge < -0.3 is 10.2 Å². The van der Waals surface area contributed by atoms with E-state index in [0.29, 0.717) is 0 Å². The highest BCUT2D eigenvalue weighted by Crippen LogP contribution is 2.16. The first-order chi connectivity index (χ1) is 16.1. The third-order valence-electron chi connectivity index (χ3n) is 5.55. The molecule has 2 amide bonds. The lowest BCUT2D eigenvalue weighted by Gasteiger charge is -2.36. The SMILES string of the molecule is CC(C)C(NC(=O)c1c(F)cccc1F)C(=O)N1CCN(S(=O)(=O)C=Cc2ccccc2)CC1. The molecule has 7 nitrogen and oxygen atoms in total. The van der Waals surface area contributed by atoms with Crippen LogP contribution in [0.15, 0.2) is 53.9 Å². The standard InChI is InChI=1S/C24H27F2N3O4S/c1-17(2)22(27-23(30)21-19(25)9-6-10-20(21)26)24(31)28-12-14-29(15-13-28)34(32,33)16-11-18-7-4-3-5-8-18/h3-11,16-17,22H,12-15H2,1-2H3,(H,27,30). The summed E-state index contributed by atoms with van der Waals surface area (Å²) < 4.78 is 54.5. The van der Waals surface area contributed by atoms with E-state index in [1.807, 2.05) is 6.07 Å². The molecule has 0 radical (unpaired) electrons. The number of amides is 2. The third kappa shape index (κ3) is 6.06. The molecule has 10 heteroatoms. The normalized spacial score (nSPS) is 16.1. The van der Waals surface area contributed by atoms with Gasteiger partial charge >= 0.3 is 0 Å². The molecule has 2 aromatic carbocycles. The number of piperazine rings is 1. The van der Waals surface area contributed by atoms with Gasteiger partial charge in [0, 0.05) is 31.6 Å². The molecule has 1 heterocycles. The minimum Gasteiger partial charge on any atom is -0.340 e. The average Bonchev–Trinajstić information content (AvgIpc) is 2.81. The van der Waals surface area contributed by atoms with Gasteiger partial charge in [-0.2, -0.15) is 4.31 Å². The second-order valence-corrected chi connectivity index (χ2v) is 10.1. The molecule has 0 spiro atoms. The first-order valence-corrected chi connectivity index (χ1v) is 12.4. The first-order valence-electron chi connectivity index (χ1n) is 10.9. The Balaban J connectivity index is 1.64. The van der Waals surface area contributed by atoms with Gasteiger partial charge in [0.15, 0.2) is 0 Å². The van der Waals surface area contributed by atoms with Crippen LogP contribution in [0.2, 0.25) is 0 Å². The zero-order chi connectivity index (χ0) is 24.9. The van der Waals surface area contributed by atoms with E-state index in [-0.39, 0.29) is 32.1 Å². The lowest BCUT2D eigenvalue weighted by molar-refractivity contribution is -0.135. The van der Waals surface area contributed by atoms with Crippen LogP contribution in [0.5, 0.6) is 0 Å². The topological polar surface area (TPSA) is 86.8 Å². The number of nitrogens with zero attached hydrogens (tertiary/aromatic N) is 2. The summed E-state index contributed by atoms with van der Waals surface area (Å²) in [6.07, 6.45) is 1.51. The number of hydrogen-bond acceptors (Lipinski definition) is 4. The molecule has 1 unspecified atom stereocenters. The molecule has 2 aromatic rings. The largest absolute Gasteiger partial charge is 0.340 e. The molecule has 1 aliphatic rings. The lowest BCUT2D eigenvalue weighted by Crippen LogP contribution is -2.57. The maximum Gasteiger partial charge on any atom is 0.257 e. The Hall–Kier alpha value is -3.11. The molecule has 1 atom stereocenters. The minimum absolute atomic E-state index is 0.0912. The van der Waals surface area contributed by atoms with Crippen LogP contribution >= 0.6 is 0 Å². The highest BCUT2D eigenvalue weighted by atomic mass is 32.2. The summed E-state index contributed by atoms with van der Waals surface area (Å²) in [5, 5.41) is 3.58.